The molecule has 2 N–H and O–H groups in total. The van der Waals surface area contributed by atoms with Crippen LogP contribution in [0.3, 0.4) is 0 Å². The fourth-order valence-electron chi connectivity index (χ4n) is 2.46. The predicted octanol–water partition coefficient (Wildman–Crippen LogP) is 4.59. The molecule has 7 heteroatoms. The smallest absolute Gasteiger partial charge is 0.211 e. The Morgan fingerprint density at radius 1 is 1.04 bits per heavy atom. The van der Waals surface area contributed by atoms with Crippen LogP contribution in [-0.4, -0.2) is 21.9 Å². The number of anilines is 2. The molecule has 0 spiro atoms. The van der Waals surface area contributed by atoms with Crippen LogP contribution in [0.2, 0.25) is 0 Å². The van der Waals surface area contributed by atoms with Crippen molar-refractivity contribution in [2.45, 2.75) is 20.3 Å². The van der Waals surface area contributed by atoms with E-state index in [-0.39, 0.29) is 0 Å². The third-order valence-corrected chi connectivity index (χ3v) is 4.60. The minimum atomic E-state index is 0.491. The maximum absolute atomic E-state index is 5.82. The van der Waals surface area contributed by atoms with Crippen LogP contribution in [0, 0.1) is 13.8 Å². The third kappa shape index (κ3) is 5.50. The first-order chi connectivity index (χ1) is 12.6. The number of aromatic nitrogens is 2. The average molecular weight is 385 g/mol. The molecule has 1 heterocycles. The molecule has 0 radical (unpaired) electrons. The normalized spacial score (nSPS) is 10.4. The largest absolute Gasteiger partial charge is 0.493 e. The average Bonchev–Trinajstić information content (AvgIpc) is 3.02. The minimum absolute atomic E-state index is 0.491. The summed E-state index contributed by atoms with van der Waals surface area (Å²) in [5.41, 5.74) is 3.32. The zero-order valence-corrected chi connectivity index (χ0v) is 16.3. The SMILES string of the molecule is Cc1cc(C)cc(OCCc2nnc(NC(=S)Nc3ccccc3)s2)c1. The van der Waals surface area contributed by atoms with Crippen LogP contribution >= 0.6 is 23.6 Å². The van der Waals surface area contributed by atoms with Gasteiger partial charge in [-0.1, -0.05) is 35.6 Å². The van der Waals surface area contributed by atoms with Crippen molar-refractivity contribution in [3.05, 3.63) is 64.7 Å². The molecule has 0 unspecified atom stereocenters. The number of thiocarbonyl (C=S) groups is 1. The number of hydrogen-bond acceptors (Lipinski definition) is 5. The number of ether oxygens (including phenoxy) is 1. The summed E-state index contributed by atoms with van der Waals surface area (Å²) < 4.78 is 5.82. The van der Waals surface area contributed by atoms with Gasteiger partial charge in [0.05, 0.1) is 6.61 Å². The molecule has 5 nitrogen and oxygen atoms in total. The summed E-state index contributed by atoms with van der Waals surface area (Å²) >= 11 is 6.77. The maximum Gasteiger partial charge on any atom is 0.211 e. The Balaban J connectivity index is 1.47. The maximum atomic E-state index is 5.82. The summed E-state index contributed by atoms with van der Waals surface area (Å²) in [7, 11) is 0. The zero-order valence-electron chi connectivity index (χ0n) is 14.7. The topological polar surface area (TPSA) is 59.1 Å². The number of nitrogens with one attached hydrogen (secondary N) is 2. The van der Waals surface area contributed by atoms with E-state index in [0.29, 0.717) is 23.3 Å². The van der Waals surface area contributed by atoms with Crippen molar-refractivity contribution < 1.29 is 4.74 Å². The van der Waals surface area contributed by atoms with Crippen molar-refractivity contribution in [2.24, 2.45) is 0 Å². The molecule has 0 bridgehead atoms. The molecule has 0 aliphatic heterocycles. The Kier molecular flexibility index (Phi) is 6.14. The van der Waals surface area contributed by atoms with Crippen LogP contribution in [0.25, 0.3) is 0 Å². The molecule has 3 aromatic rings. The molecule has 0 atom stereocenters. The van der Waals surface area contributed by atoms with Crippen LogP contribution in [0.4, 0.5) is 10.8 Å². The third-order valence-electron chi connectivity index (χ3n) is 3.50. The summed E-state index contributed by atoms with van der Waals surface area (Å²) in [4.78, 5) is 0. The Bertz CT molecular complexity index is 860. The van der Waals surface area contributed by atoms with Crippen LogP contribution in [0.15, 0.2) is 48.5 Å². The van der Waals surface area contributed by atoms with Crippen LogP contribution in [0.5, 0.6) is 5.75 Å². The summed E-state index contributed by atoms with van der Waals surface area (Å²) in [5.74, 6) is 0.888. The highest BCUT2D eigenvalue weighted by Crippen LogP contribution is 2.19. The monoisotopic (exact) mass is 384 g/mol. The van der Waals surface area contributed by atoms with Crippen molar-refractivity contribution in [3.8, 4) is 5.75 Å². The van der Waals surface area contributed by atoms with Gasteiger partial charge in [-0.15, -0.1) is 10.2 Å². The van der Waals surface area contributed by atoms with E-state index in [2.05, 4.69) is 40.7 Å². The second-order valence-corrected chi connectivity index (χ2v) is 7.34. The number of hydrogen-bond donors (Lipinski definition) is 2. The highest BCUT2D eigenvalue weighted by Gasteiger charge is 2.07. The molecule has 1 aromatic heterocycles. The predicted molar refractivity (Wildman–Crippen MR) is 111 cm³/mol. The first-order valence-corrected chi connectivity index (χ1v) is 9.47. The Hall–Kier alpha value is -2.51. The molecule has 0 saturated carbocycles. The second-order valence-electron chi connectivity index (χ2n) is 5.87. The fraction of sp³-hybridized carbons (Fsp3) is 0.211. The quantitative estimate of drug-likeness (QED) is 0.607. The van der Waals surface area contributed by atoms with Gasteiger partial charge in [0.1, 0.15) is 10.8 Å². The molecule has 26 heavy (non-hydrogen) atoms. The molecule has 0 saturated heterocycles. The lowest BCUT2D eigenvalue weighted by molar-refractivity contribution is 0.321. The summed E-state index contributed by atoms with van der Waals surface area (Å²) in [6.07, 6.45) is 0.700. The lowest BCUT2D eigenvalue weighted by Crippen LogP contribution is -2.18. The molecule has 0 aliphatic carbocycles. The van der Waals surface area contributed by atoms with E-state index in [9.17, 15) is 0 Å². The molecule has 0 amide bonds. The van der Waals surface area contributed by atoms with Gasteiger partial charge in [0.15, 0.2) is 5.11 Å². The van der Waals surface area contributed by atoms with Gasteiger partial charge < -0.3 is 15.4 Å². The van der Waals surface area contributed by atoms with E-state index in [0.717, 1.165) is 16.4 Å². The number of nitrogens with zero attached hydrogens (tertiary/aromatic N) is 2. The van der Waals surface area contributed by atoms with E-state index in [4.69, 9.17) is 17.0 Å². The first kappa shape index (κ1) is 18.3. The molecule has 0 aliphatic rings. The summed E-state index contributed by atoms with van der Waals surface area (Å²) in [5, 5.41) is 16.5. The molecule has 134 valence electrons. The molecule has 0 fully saturated rings. The van der Waals surface area contributed by atoms with Crippen molar-refractivity contribution >= 4 is 39.5 Å². The highest BCUT2D eigenvalue weighted by atomic mass is 32.1. The van der Waals surface area contributed by atoms with Crippen molar-refractivity contribution in [3.63, 3.8) is 0 Å². The molecule has 3 rings (SSSR count). The Morgan fingerprint density at radius 3 is 2.50 bits per heavy atom. The van der Waals surface area contributed by atoms with Gasteiger partial charge in [0, 0.05) is 12.1 Å². The number of para-hydroxylation sites is 1. The molecule has 2 aromatic carbocycles. The van der Waals surface area contributed by atoms with Gasteiger partial charge in [-0.3, -0.25) is 0 Å². The van der Waals surface area contributed by atoms with Gasteiger partial charge in [0.25, 0.3) is 0 Å². The number of benzene rings is 2. The van der Waals surface area contributed by atoms with Gasteiger partial charge in [-0.2, -0.15) is 0 Å². The van der Waals surface area contributed by atoms with Gasteiger partial charge in [0.2, 0.25) is 5.13 Å². The van der Waals surface area contributed by atoms with Crippen LogP contribution in [0.1, 0.15) is 16.1 Å². The van der Waals surface area contributed by atoms with Crippen molar-refractivity contribution in [1.29, 1.82) is 0 Å². The Morgan fingerprint density at radius 2 is 1.77 bits per heavy atom. The van der Waals surface area contributed by atoms with Crippen LogP contribution < -0.4 is 15.4 Å². The van der Waals surface area contributed by atoms with Crippen molar-refractivity contribution in [1.82, 2.24) is 10.2 Å². The Labute approximate surface area is 162 Å². The number of aryl methyl sites for hydroxylation is 2. The lowest BCUT2D eigenvalue weighted by atomic mass is 10.1. The van der Waals surface area contributed by atoms with E-state index < -0.39 is 0 Å². The minimum Gasteiger partial charge on any atom is -0.493 e. The molecular formula is C19H20N4OS2. The van der Waals surface area contributed by atoms with E-state index in [1.165, 1.54) is 22.5 Å². The first-order valence-electron chi connectivity index (χ1n) is 8.25. The lowest BCUT2D eigenvalue weighted by Gasteiger charge is -2.07. The van der Waals surface area contributed by atoms with Crippen molar-refractivity contribution in [2.75, 3.05) is 17.2 Å². The van der Waals surface area contributed by atoms with E-state index in [1.54, 1.807) is 0 Å². The van der Waals surface area contributed by atoms with Gasteiger partial charge >= 0.3 is 0 Å². The standard InChI is InChI=1S/C19H20N4OS2/c1-13-10-14(2)12-16(11-13)24-9-8-17-22-23-19(26-17)21-18(25)20-15-6-4-3-5-7-15/h3-7,10-12H,8-9H2,1-2H3,(H2,20,21,23,25). The van der Waals surface area contributed by atoms with E-state index >= 15 is 0 Å². The summed E-state index contributed by atoms with van der Waals surface area (Å²) in [6, 6.07) is 15.9. The molecular weight excluding hydrogens is 364 g/mol. The number of rotatable bonds is 6. The van der Waals surface area contributed by atoms with Crippen LogP contribution in [-0.2, 0) is 6.42 Å². The van der Waals surface area contributed by atoms with Gasteiger partial charge in [-0.05, 0) is 61.5 Å². The van der Waals surface area contributed by atoms with E-state index in [1.807, 2.05) is 42.5 Å². The fourth-order valence-corrected chi connectivity index (χ4v) is 3.46. The summed E-state index contributed by atoms with van der Waals surface area (Å²) in [6.45, 7) is 4.69. The van der Waals surface area contributed by atoms with Gasteiger partial charge in [-0.25, -0.2) is 0 Å². The zero-order chi connectivity index (χ0) is 18.4. The second kappa shape index (κ2) is 8.73. The highest BCUT2D eigenvalue weighted by molar-refractivity contribution is 7.80.